The number of carbonyl (C=O) groups excluding carboxylic acids is 1. The highest BCUT2D eigenvalue weighted by molar-refractivity contribution is 9.10. The summed E-state index contributed by atoms with van der Waals surface area (Å²) >= 11 is 3.39. The summed E-state index contributed by atoms with van der Waals surface area (Å²) in [5.41, 5.74) is 8.62. The second kappa shape index (κ2) is 5.60. The molecular weight excluding hydrogens is 316 g/mol. The topological polar surface area (TPSA) is 46.3 Å². The summed E-state index contributed by atoms with van der Waals surface area (Å²) in [5, 5.41) is 0. The molecule has 0 atom stereocenters. The van der Waals surface area contributed by atoms with Crippen LogP contribution in [0.5, 0.6) is 0 Å². The van der Waals surface area contributed by atoms with Gasteiger partial charge in [0.25, 0.3) is 5.91 Å². The van der Waals surface area contributed by atoms with Crippen molar-refractivity contribution in [3.63, 3.8) is 0 Å². The van der Waals surface area contributed by atoms with E-state index < -0.39 is 0 Å². The molecule has 1 aromatic rings. The van der Waals surface area contributed by atoms with Gasteiger partial charge in [0.15, 0.2) is 0 Å². The van der Waals surface area contributed by atoms with Crippen molar-refractivity contribution in [1.82, 2.24) is 4.90 Å². The van der Waals surface area contributed by atoms with E-state index in [9.17, 15) is 4.79 Å². The van der Waals surface area contributed by atoms with Crippen molar-refractivity contribution in [3.8, 4) is 0 Å². The van der Waals surface area contributed by atoms with E-state index >= 15 is 0 Å². The van der Waals surface area contributed by atoms with E-state index in [1.54, 1.807) is 12.1 Å². The van der Waals surface area contributed by atoms with Crippen molar-refractivity contribution in [2.75, 3.05) is 18.8 Å². The van der Waals surface area contributed by atoms with Crippen LogP contribution in [0.25, 0.3) is 0 Å². The zero-order chi connectivity index (χ0) is 14.9. The van der Waals surface area contributed by atoms with Gasteiger partial charge in [0, 0.05) is 23.2 Å². The maximum absolute atomic E-state index is 12.5. The Labute approximate surface area is 129 Å². The number of nitrogen functional groups attached to an aromatic ring is 1. The smallest absolute Gasteiger partial charge is 0.256 e. The highest BCUT2D eigenvalue weighted by atomic mass is 79.9. The average molecular weight is 337 g/mol. The summed E-state index contributed by atoms with van der Waals surface area (Å²) < 4.78 is 0.873. The summed E-state index contributed by atoms with van der Waals surface area (Å²) in [6, 6.07) is 5.40. The van der Waals surface area contributed by atoms with Crippen LogP contribution in [0, 0.1) is 5.41 Å². The van der Waals surface area contributed by atoms with Crippen LogP contribution in [0.2, 0.25) is 0 Å². The molecular formula is C16H21BrN2O. The van der Waals surface area contributed by atoms with Crippen molar-refractivity contribution in [2.24, 2.45) is 5.41 Å². The summed E-state index contributed by atoms with van der Waals surface area (Å²) in [7, 11) is 0. The molecule has 2 N–H and O–H groups in total. The van der Waals surface area contributed by atoms with Crippen LogP contribution in [0.3, 0.4) is 0 Å². The van der Waals surface area contributed by atoms with Gasteiger partial charge in [-0.15, -0.1) is 0 Å². The Morgan fingerprint density at radius 2 is 2.05 bits per heavy atom. The first kappa shape index (κ1) is 15.1. The second-order valence-corrected chi connectivity index (χ2v) is 7.13. The van der Waals surface area contributed by atoms with E-state index in [1.165, 1.54) is 5.57 Å². The standard InChI is InChI=1S/C16H21BrN2O/c1-16(2,3)11-6-8-19(9-7-11)15(20)13-10-12(17)4-5-14(13)18/h4-6,10H,7-9,18H2,1-3H3. The first-order valence-electron chi connectivity index (χ1n) is 6.83. The fourth-order valence-corrected chi connectivity index (χ4v) is 2.78. The third-order valence-electron chi connectivity index (χ3n) is 3.71. The molecule has 1 aliphatic heterocycles. The van der Waals surface area contributed by atoms with Crippen molar-refractivity contribution in [2.45, 2.75) is 27.2 Å². The van der Waals surface area contributed by atoms with Crippen LogP contribution in [-0.2, 0) is 0 Å². The molecule has 108 valence electrons. The fraction of sp³-hybridized carbons (Fsp3) is 0.438. The van der Waals surface area contributed by atoms with E-state index in [4.69, 9.17) is 5.73 Å². The van der Waals surface area contributed by atoms with Crippen molar-refractivity contribution >= 4 is 27.5 Å². The number of hydrogen-bond donors (Lipinski definition) is 1. The summed E-state index contributed by atoms with van der Waals surface area (Å²) in [6.07, 6.45) is 3.11. The molecule has 0 radical (unpaired) electrons. The lowest BCUT2D eigenvalue weighted by atomic mass is 9.83. The Morgan fingerprint density at radius 1 is 1.35 bits per heavy atom. The number of halogens is 1. The van der Waals surface area contributed by atoms with Gasteiger partial charge in [-0.05, 0) is 30.0 Å². The Balaban J connectivity index is 2.17. The summed E-state index contributed by atoms with van der Waals surface area (Å²) in [6.45, 7) is 8.05. The number of nitrogens with two attached hydrogens (primary N) is 1. The number of carbonyl (C=O) groups is 1. The van der Waals surface area contributed by atoms with Gasteiger partial charge in [0.2, 0.25) is 0 Å². The Kier molecular flexibility index (Phi) is 4.23. The number of rotatable bonds is 1. The monoisotopic (exact) mass is 336 g/mol. The minimum Gasteiger partial charge on any atom is -0.398 e. The van der Waals surface area contributed by atoms with Gasteiger partial charge in [-0.3, -0.25) is 4.79 Å². The van der Waals surface area contributed by atoms with Crippen LogP contribution in [0.1, 0.15) is 37.6 Å². The number of hydrogen-bond acceptors (Lipinski definition) is 2. The summed E-state index contributed by atoms with van der Waals surface area (Å²) in [5.74, 6) is 0.00742. The van der Waals surface area contributed by atoms with Crippen LogP contribution in [0.15, 0.2) is 34.3 Å². The molecule has 0 saturated carbocycles. The molecule has 0 aromatic heterocycles. The lowest BCUT2D eigenvalue weighted by Gasteiger charge is -2.32. The van der Waals surface area contributed by atoms with Gasteiger partial charge in [-0.25, -0.2) is 0 Å². The predicted octanol–water partition coefficient (Wildman–Crippen LogP) is 3.85. The molecule has 0 saturated heterocycles. The normalized spacial score (nSPS) is 16.0. The van der Waals surface area contributed by atoms with Crippen LogP contribution in [0.4, 0.5) is 5.69 Å². The van der Waals surface area contributed by atoms with E-state index in [2.05, 4.69) is 42.8 Å². The first-order valence-corrected chi connectivity index (χ1v) is 7.62. The van der Waals surface area contributed by atoms with Crippen LogP contribution >= 0.6 is 15.9 Å². The number of benzene rings is 1. The largest absolute Gasteiger partial charge is 0.398 e. The van der Waals surface area contributed by atoms with E-state index in [0.29, 0.717) is 17.8 Å². The average Bonchev–Trinajstić information content (AvgIpc) is 2.40. The molecule has 0 aliphatic carbocycles. The maximum atomic E-state index is 12.5. The predicted molar refractivity (Wildman–Crippen MR) is 86.6 cm³/mol. The third kappa shape index (κ3) is 3.23. The van der Waals surface area contributed by atoms with Crippen molar-refractivity contribution in [1.29, 1.82) is 0 Å². The van der Waals surface area contributed by atoms with Gasteiger partial charge in [0.05, 0.1) is 5.56 Å². The molecule has 0 unspecified atom stereocenters. The van der Waals surface area contributed by atoms with Gasteiger partial charge in [-0.1, -0.05) is 48.4 Å². The summed E-state index contributed by atoms with van der Waals surface area (Å²) in [4.78, 5) is 14.4. The quantitative estimate of drug-likeness (QED) is 0.625. The molecule has 1 aromatic carbocycles. The van der Waals surface area contributed by atoms with Gasteiger partial charge < -0.3 is 10.6 Å². The zero-order valence-electron chi connectivity index (χ0n) is 12.2. The second-order valence-electron chi connectivity index (χ2n) is 6.21. The number of anilines is 1. The first-order chi connectivity index (χ1) is 9.29. The van der Waals surface area contributed by atoms with Gasteiger partial charge in [0.1, 0.15) is 0 Å². The minimum absolute atomic E-state index is 0.00742. The number of nitrogens with zero attached hydrogens (tertiary/aromatic N) is 1. The fourth-order valence-electron chi connectivity index (χ4n) is 2.42. The molecule has 4 heteroatoms. The minimum atomic E-state index is 0.00742. The van der Waals surface area contributed by atoms with Gasteiger partial charge >= 0.3 is 0 Å². The number of amides is 1. The molecule has 1 aliphatic rings. The van der Waals surface area contributed by atoms with Crippen molar-refractivity contribution in [3.05, 3.63) is 39.9 Å². The molecule has 0 fully saturated rings. The van der Waals surface area contributed by atoms with Crippen molar-refractivity contribution < 1.29 is 4.79 Å². The van der Waals surface area contributed by atoms with Crippen LogP contribution < -0.4 is 5.73 Å². The molecule has 3 nitrogen and oxygen atoms in total. The van der Waals surface area contributed by atoms with Gasteiger partial charge in [-0.2, -0.15) is 0 Å². The lowest BCUT2D eigenvalue weighted by molar-refractivity contribution is 0.0766. The van der Waals surface area contributed by atoms with E-state index in [1.807, 2.05) is 11.0 Å². The SMILES string of the molecule is CC(C)(C)C1=CCN(C(=O)c2cc(Br)ccc2N)CC1. The third-order valence-corrected chi connectivity index (χ3v) is 4.20. The molecule has 0 bridgehead atoms. The molecule has 1 heterocycles. The molecule has 2 rings (SSSR count). The van der Waals surface area contributed by atoms with E-state index in [0.717, 1.165) is 17.4 Å². The highest BCUT2D eigenvalue weighted by Gasteiger charge is 2.25. The lowest BCUT2D eigenvalue weighted by Crippen LogP contribution is -2.36. The highest BCUT2D eigenvalue weighted by Crippen LogP contribution is 2.31. The van der Waals surface area contributed by atoms with E-state index in [-0.39, 0.29) is 11.3 Å². The maximum Gasteiger partial charge on any atom is 0.256 e. The Morgan fingerprint density at radius 3 is 2.60 bits per heavy atom. The molecule has 20 heavy (non-hydrogen) atoms. The van der Waals surface area contributed by atoms with Crippen LogP contribution in [-0.4, -0.2) is 23.9 Å². The Hall–Kier alpha value is -1.29. The Bertz CT molecular complexity index is 558. The molecule has 1 amide bonds. The zero-order valence-corrected chi connectivity index (χ0v) is 13.8. The molecule has 0 spiro atoms.